The summed E-state index contributed by atoms with van der Waals surface area (Å²) in [5, 5.41) is 3.32. The van der Waals surface area contributed by atoms with Crippen molar-refractivity contribution in [3.8, 4) is 0 Å². The molecule has 1 heterocycles. The minimum absolute atomic E-state index is 1.05. The van der Waals surface area contributed by atoms with Crippen molar-refractivity contribution >= 4 is 0 Å². The van der Waals surface area contributed by atoms with Crippen molar-refractivity contribution in [2.45, 2.75) is 6.42 Å². The fourth-order valence-electron chi connectivity index (χ4n) is 1.39. The molecule has 52 valence electrons. The number of nitrogens with one attached hydrogen (secondary N) is 1. The van der Waals surface area contributed by atoms with Crippen molar-refractivity contribution < 1.29 is 0 Å². The monoisotopic (exact) mass is 133 g/mol. The van der Waals surface area contributed by atoms with Gasteiger partial charge >= 0.3 is 0 Å². The lowest BCUT2D eigenvalue weighted by molar-refractivity contribution is 0.873. The Kier molecular flexibility index (Phi) is 1.44. The van der Waals surface area contributed by atoms with Gasteiger partial charge in [0.15, 0.2) is 0 Å². The molecule has 1 N–H and O–H groups in total. The molecule has 2 rings (SSSR count). The highest BCUT2D eigenvalue weighted by atomic mass is 14.9. The Morgan fingerprint density at radius 1 is 1.00 bits per heavy atom. The van der Waals surface area contributed by atoms with E-state index >= 15 is 0 Å². The van der Waals surface area contributed by atoms with Gasteiger partial charge in [-0.1, -0.05) is 24.3 Å². The van der Waals surface area contributed by atoms with Gasteiger partial charge in [0.25, 0.3) is 0 Å². The molecule has 0 amide bonds. The van der Waals surface area contributed by atoms with Gasteiger partial charge in [-0.05, 0) is 17.6 Å². The molecule has 1 aliphatic heterocycles. The summed E-state index contributed by atoms with van der Waals surface area (Å²) in [6.07, 6.45) is 9.98. The zero-order chi connectivity index (χ0) is 6.81. The maximum absolute atomic E-state index is 3.32. The van der Waals surface area contributed by atoms with Gasteiger partial charge in [0, 0.05) is 13.1 Å². The normalized spacial score (nSPS) is 23.2. The van der Waals surface area contributed by atoms with Crippen LogP contribution in [0.5, 0.6) is 0 Å². The zero-order valence-electron chi connectivity index (χ0n) is 5.93. The molecule has 1 heteroatoms. The van der Waals surface area contributed by atoms with Crippen LogP contribution in [0.2, 0.25) is 0 Å². The van der Waals surface area contributed by atoms with Crippen LogP contribution in [0.25, 0.3) is 0 Å². The highest BCUT2D eigenvalue weighted by Gasteiger charge is 2.08. The minimum Gasteiger partial charge on any atom is -0.309 e. The van der Waals surface area contributed by atoms with Gasteiger partial charge in [-0.2, -0.15) is 0 Å². The molecule has 0 aromatic rings. The molecule has 0 saturated carbocycles. The number of allylic oxidation sites excluding steroid dienone is 2. The Morgan fingerprint density at radius 2 is 1.60 bits per heavy atom. The van der Waals surface area contributed by atoms with Crippen LogP contribution in [0, 0.1) is 0 Å². The first-order chi connectivity index (χ1) is 4.97. The Hall–Kier alpha value is -0.820. The lowest BCUT2D eigenvalue weighted by atomic mass is 10.1. The van der Waals surface area contributed by atoms with Gasteiger partial charge in [-0.3, -0.25) is 0 Å². The topological polar surface area (TPSA) is 12.0 Å². The summed E-state index contributed by atoms with van der Waals surface area (Å²) in [6, 6.07) is 0. The lowest BCUT2D eigenvalue weighted by Gasteiger charge is -1.90. The minimum atomic E-state index is 1.05. The van der Waals surface area contributed by atoms with Crippen molar-refractivity contribution in [2.24, 2.45) is 0 Å². The van der Waals surface area contributed by atoms with Gasteiger partial charge in [0.2, 0.25) is 0 Å². The summed E-state index contributed by atoms with van der Waals surface area (Å²) in [5.41, 5.74) is 2.93. The molecule has 0 aromatic carbocycles. The summed E-state index contributed by atoms with van der Waals surface area (Å²) in [7, 11) is 0. The lowest BCUT2D eigenvalue weighted by Crippen LogP contribution is -2.08. The SMILES string of the molecule is C1=CC2=C(C=CC1)CNC2. The van der Waals surface area contributed by atoms with E-state index in [2.05, 4.69) is 29.6 Å². The van der Waals surface area contributed by atoms with Gasteiger partial charge < -0.3 is 5.32 Å². The standard InChI is InChI=1S/C9H11N/c1-2-4-8-6-10-7-9(8)5-3-1/h2-5,10H,1,6-7H2. The number of hydrogen-bond donors (Lipinski definition) is 1. The van der Waals surface area contributed by atoms with Crippen LogP contribution in [0.1, 0.15) is 6.42 Å². The summed E-state index contributed by atoms with van der Waals surface area (Å²) in [5.74, 6) is 0. The molecule has 1 aliphatic carbocycles. The van der Waals surface area contributed by atoms with E-state index in [1.807, 2.05) is 0 Å². The molecule has 10 heavy (non-hydrogen) atoms. The summed E-state index contributed by atoms with van der Waals surface area (Å²) in [6.45, 7) is 2.10. The van der Waals surface area contributed by atoms with E-state index in [0.29, 0.717) is 0 Å². The highest BCUT2D eigenvalue weighted by Crippen LogP contribution is 2.15. The molecule has 0 spiro atoms. The van der Waals surface area contributed by atoms with Gasteiger partial charge in [-0.15, -0.1) is 0 Å². The molecule has 2 aliphatic rings. The van der Waals surface area contributed by atoms with Crippen molar-refractivity contribution in [3.63, 3.8) is 0 Å². The van der Waals surface area contributed by atoms with E-state index in [4.69, 9.17) is 0 Å². The van der Waals surface area contributed by atoms with Crippen LogP contribution >= 0.6 is 0 Å². The third kappa shape index (κ3) is 0.929. The van der Waals surface area contributed by atoms with Crippen LogP contribution in [0.4, 0.5) is 0 Å². The summed E-state index contributed by atoms with van der Waals surface area (Å²) >= 11 is 0. The van der Waals surface area contributed by atoms with E-state index in [1.54, 1.807) is 0 Å². The first kappa shape index (κ1) is 5.93. The van der Waals surface area contributed by atoms with Crippen molar-refractivity contribution in [3.05, 3.63) is 35.5 Å². The molecule has 0 fully saturated rings. The third-order valence-corrected chi connectivity index (χ3v) is 1.95. The molecular weight excluding hydrogens is 122 g/mol. The zero-order valence-corrected chi connectivity index (χ0v) is 5.93. The molecule has 0 bridgehead atoms. The maximum Gasteiger partial charge on any atom is 0.0211 e. The molecule has 0 saturated heterocycles. The second-order valence-electron chi connectivity index (χ2n) is 2.69. The smallest absolute Gasteiger partial charge is 0.0211 e. The van der Waals surface area contributed by atoms with E-state index in [0.717, 1.165) is 19.5 Å². The van der Waals surface area contributed by atoms with E-state index < -0.39 is 0 Å². The molecule has 0 atom stereocenters. The molecule has 0 aromatic heterocycles. The van der Waals surface area contributed by atoms with Crippen molar-refractivity contribution in [2.75, 3.05) is 13.1 Å². The predicted molar refractivity (Wildman–Crippen MR) is 42.8 cm³/mol. The quantitative estimate of drug-likeness (QED) is 0.526. The summed E-state index contributed by atoms with van der Waals surface area (Å²) in [4.78, 5) is 0. The average molecular weight is 133 g/mol. The van der Waals surface area contributed by atoms with Crippen LogP contribution < -0.4 is 5.32 Å². The van der Waals surface area contributed by atoms with Gasteiger partial charge in [-0.25, -0.2) is 0 Å². The highest BCUT2D eigenvalue weighted by molar-refractivity contribution is 5.40. The second kappa shape index (κ2) is 2.43. The Balaban J connectivity index is 2.34. The van der Waals surface area contributed by atoms with Crippen LogP contribution in [0.3, 0.4) is 0 Å². The van der Waals surface area contributed by atoms with Crippen molar-refractivity contribution in [1.82, 2.24) is 5.32 Å². The number of hydrogen-bond acceptors (Lipinski definition) is 1. The Bertz CT molecular complexity index is 199. The third-order valence-electron chi connectivity index (χ3n) is 1.95. The van der Waals surface area contributed by atoms with E-state index in [9.17, 15) is 0 Å². The predicted octanol–water partition coefficient (Wildman–Crippen LogP) is 1.40. The fourth-order valence-corrected chi connectivity index (χ4v) is 1.39. The van der Waals surface area contributed by atoms with Crippen LogP contribution in [-0.2, 0) is 0 Å². The summed E-state index contributed by atoms with van der Waals surface area (Å²) < 4.78 is 0. The number of rotatable bonds is 0. The molecule has 1 nitrogen and oxygen atoms in total. The van der Waals surface area contributed by atoms with Crippen molar-refractivity contribution in [1.29, 1.82) is 0 Å². The molecular formula is C9H11N. The van der Waals surface area contributed by atoms with Crippen LogP contribution in [-0.4, -0.2) is 13.1 Å². The first-order valence-corrected chi connectivity index (χ1v) is 3.72. The second-order valence-corrected chi connectivity index (χ2v) is 2.69. The Morgan fingerprint density at radius 3 is 2.20 bits per heavy atom. The average Bonchev–Trinajstić information content (AvgIpc) is 2.28. The largest absolute Gasteiger partial charge is 0.309 e. The van der Waals surface area contributed by atoms with Gasteiger partial charge in [0.1, 0.15) is 0 Å². The Labute approximate surface area is 61.1 Å². The first-order valence-electron chi connectivity index (χ1n) is 3.72. The fraction of sp³-hybridized carbons (Fsp3) is 0.333. The van der Waals surface area contributed by atoms with E-state index in [1.165, 1.54) is 11.1 Å². The van der Waals surface area contributed by atoms with Crippen LogP contribution in [0.15, 0.2) is 35.5 Å². The van der Waals surface area contributed by atoms with E-state index in [-0.39, 0.29) is 0 Å². The maximum atomic E-state index is 3.32. The van der Waals surface area contributed by atoms with Gasteiger partial charge in [0.05, 0.1) is 0 Å². The molecule has 0 unspecified atom stereocenters. The molecule has 0 radical (unpaired) electrons.